The van der Waals surface area contributed by atoms with E-state index in [-0.39, 0.29) is 0 Å². The minimum Gasteiger partial charge on any atom is -0.497 e. The summed E-state index contributed by atoms with van der Waals surface area (Å²) in [6.45, 7) is 4.44. The Hall–Kier alpha value is -1.68. The second-order valence-electron chi connectivity index (χ2n) is 7.66. The van der Waals surface area contributed by atoms with Gasteiger partial charge < -0.3 is 4.74 Å². The predicted octanol–water partition coefficient (Wildman–Crippen LogP) is 5.11. The maximum absolute atomic E-state index is 5.42. The Bertz CT molecular complexity index is 717. The fraction of sp³-hybridized carbons (Fsp3) is 0.545. The van der Waals surface area contributed by atoms with Gasteiger partial charge in [0.25, 0.3) is 0 Å². The predicted molar refractivity (Wildman–Crippen MR) is 94.5 cm³/mol. The first-order valence-corrected chi connectivity index (χ1v) is 8.97. The molecule has 3 aliphatic carbocycles. The molecule has 0 aliphatic heterocycles. The lowest BCUT2D eigenvalue weighted by Gasteiger charge is -2.49. The molecule has 1 heteroatoms. The molecule has 3 aliphatic rings. The van der Waals surface area contributed by atoms with Crippen molar-refractivity contribution in [2.24, 2.45) is 17.3 Å². The number of aryl methyl sites for hydroxylation is 1. The smallest absolute Gasteiger partial charge is 0.119 e. The molecule has 0 spiro atoms. The average Bonchev–Trinajstić information content (AvgIpc) is 2.91. The van der Waals surface area contributed by atoms with Crippen molar-refractivity contribution in [3.63, 3.8) is 0 Å². The van der Waals surface area contributed by atoms with Crippen LogP contribution in [0.2, 0.25) is 0 Å². The number of hydrogen-bond acceptors (Lipinski definition) is 1. The first-order valence-electron chi connectivity index (χ1n) is 8.97. The average molecular weight is 306 g/mol. The molecule has 0 heterocycles. The first kappa shape index (κ1) is 14.9. The summed E-state index contributed by atoms with van der Waals surface area (Å²) in [5.41, 5.74) is 4.87. The van der Waals surface area contributed by atoms with Crippen LogP contribution in [0.4, 0.5) is 0 Å². The summed E-state index contributed by atoms with van der Waals surface area (Å²) >= 11 is 0. The van der Waals surface area contributed by atoms with E-state index in [0.717, 1.165) is 23.5 Å². The van der Waals surface area contributed by atoms with E-state index in [1.807, 2.05) is 6.92 Å². The van der Waals surface area contributed by atoms with Gasteiger partial charge in [-0.1, -0.05) is 25.0 Å². The van der Waals surface area contributed by atoms with Crippen LogP contribution >= 0.6 is 0 Å². The van der Waals surface area contributed by atoms with Crippen molar-refractivity contribution in [1.29, 1.82) is 0 Å². The van der Waals surface area contributed by atoms with Crippen molar-refractivity contribution in [3.8, 4) is 17.6 Å². The zero-order valence-corrected chi connectivity index (χ0v) is 14.5. The van der Waals surface area contributed by atoms with Crippen LogP contribution in [0.5, 0.6) is 5.75 Å². The highest BCUT2D eigenvalue weighted by atomic mass is 16.5. The number of rotatable bonds is 1. The molecule has 1 nitrogen and oxygen atoms in total. The van der Waals surface area contributed by atoms with Gasteiger partial charge in [0.1, 0.15) is 5.75 Å². The molecule has 0 N–H and O–H groups in total. The monoisotopic (exact) mass is 306 g/mol. The highest BCUT2D eigenvalue weighted by Crippen LogP contribution is 2.60. The van der Waals surface area contributed by atoms with Gasteiger partial charge in [0.05, 0.1) is 7.11 Å². The molecule has 4 rings (SSSR count). The molecule has 1 fully saturated rings. The maximum atomic E-state index is 5.42. The Morgan fingerprint density at radius 3 is 2.91 bits per heavy atom. The van der Waals surface area contributed by atoms with E-state index >= 15 is 0 Å². The molecule has 0 aromatic heterocycles. The van der Waals surface area contributed by atoms with Gasteiger partial charge in [0, 0.05) is 11.0 Å². The van der Waals surface area contributed by atoms with Crippen LogP contribution in [-0.2, 0) is 6.42 Å². The van der Waals surface area contributed by atoms with E-state index in [4.69, 9.17) is 4.74 Å². The molecule has 23 heavy (non-hydrogen) atoms. The lowest BCUT2D eigenvalue weighted by Crippen LogP contribution is -2.41. The minimum atomic E-state index is 0.328. The molecule has 0 radical (unpaired) electrons. The Morgan fingerprint density at radius 1 is 1.26 bits per heavy atom. The van der Waals surface area contributed by atoms with Crippen LogP contribution in [0.3, 0.4) is 0 Å². The van der Waals surface area contributed by atoms with E-state index < -0.39 is 0 Å². The molecule has 4 atom stereocenters. The summed E-state index contributed by atoms with van der Waals surface area (Å²) in [6.07, 6.45) is 8.78. The molecular weight excluding hydrogens is 280 g/mol. The molecule has 1 saturated carbocycles. The third kappa shape index (κ3) is 2.15. The summed E-state index contributed by atoms with van der Waals surface area (Å²) in [7, 11) is 1.76. The largest absolute Gasteiger partial charge is 0.497 e. The molecule has 120 valence electrons. The standard InChI is InChI=1S/C22H26O/c1-4-5-16-7-11-21-20-9-6-15-14-17(23-3)8-10-18(15)19(20)12-13-22(16,21)2/h7-8,10,14,19-21H,6,9,11-13H2,1-3H3/t19-,20-,21+,22-/m1/s1. The zero-order valence-electron chi connectivity index (χ0n) is 14.5. The van der Waals surface area contributed by atoms with E-state index in [1.165, 1.54) is 43.2 Å². The van der Waals surface area contributed by atoms with Crippen LogP contribution < -0.4 is 4.74 Å². The van der Waals surface area contributed by atoms with Crippen LogP contribution in [0.25, 0.3) is 0 Å². The third-order valence-corrected chi connectivity index (χ3v) is 6.77. The maximum Gasteiger partial charge on any atom is 0.119 e. The molecule has 0 bridgehead atoms. The Balaban J connectivity index is 1.67. The van der Waals surface area contributed by atoms with Crippen LogP contribution in [0.1, 0.15) is 56.6 Å². The number of allylic oxidation sites excluding steroid dienone is 2. The van der Waals surface area contributed by atoms with E-state index in [1.54, 1.807) is 12.7 Å². The van der Waals surface area contributed by atoms with E-state index in [2.05, 4.69) is 43.0 Å². The number of ether oxygens (including phenoxy) is 1. The molecule has 0 unspecified atom stereocenters. The van der Waals surface area contributed by atoms with Crippen molar-refractivity contribution in [2.45, 2.75) is 51.9 Å². The van der Waals surface area contributed by atoms with Crippen molar-refractivity contribution in [3.05, 3.63) is 41.0 Å². The highest BCUT2D eigenvalue weighted by molar-refractivity contribution is 5.44. The highest BCUT2D eigenvalue weighted by Gasteiger charge is 2.51. The quantitative estimate of drug-likeness (QED) is 0.655. The molecule has 0 saturated heterocycles. The van der Waals surface area contributed by atoms with Crippen molar-refractivity contribution in [1.82, 2.24) is 0 Å². The summed E-state index contributed by atoms with van der Waals surface area (Å²) in [4.78, 5) is 0. The molecule has 1 aromatic carbocycles. The Morgan fingerprint density at radius 2 is 2.13 bits per heavy atom. The van der Waals surface area contributed by atoms with Crippen LogP contribution in [0, 0.1) is 29.1 Å². The normalized spacial score (nSPS) is 34.4. The van der Waals surface area contributed by atoms with Gasteiger partial charge in [0.15, 0.2) is 0 Å². The van der Waals surface area contributed by atoms with Crippen LogP contribution in [0.15, 0.2) is 29.8 Å². The van der Waals surface area contributed by atoms with Gasteiger partial charge in [-0.25, -0.2) is 0 Å². The number of benzene rings is 1. The number of fused-ring (bicyclic) bond motifs is 5. The van der Waals surface area contributed by atoms with Gasteiger partial charge >= 0.3 is 0 Å². The Kier molecular flexibility index (Phi) is 3.52. The van der Waals surface area contributed by atoms with E-state index in [9.17, 15) is 0 Å². The van der Waals surface area contributed by atoms with E-state index in [0.29, 0.717) is 5.41 Å². The topological polar surface area (TPSA) is 9.23 Å². The number of hydrogen-bond donors (Lipinski definition) is 0. The fourth-order valence-electron chi connectivity index (χ4n) is 5.58. The van der Waals surface area contributed by atoms with Crippen molar-refractivity contribution >= 4 is 0 Å². The molecular formula is C22H26O. The van der Waals surface area contributed by atoms with Gasteiger partial charge in [-0.2, -0.15) is 0 Å². The molecule has 0 amide bonds. The SMILES string of the molecule is CC#CC1=CC[C@H]2[C@@H]3CCc4cc(OC)ccc4[C@H]3CC[C@]12C. The van der Waals surface area contributed by atoms with Crippen molar-refractivity contribution in [2.75, 3.05) is 7.11 Å². The van der Waals surface area contributed by atoms with Gasteiger partial charge in [0.2, 0.25) is 0 Å². The first-order chi connectivity index (χ1) is 11.2. The lowest BCUT2D eigenvalue weighted by atomic mass is 9.54. The fourth-order valence-corrected chi connectivity index (χ4v) is 5.58. The second kappa shape index (κ2) is 5.45. The summed E-state index contributed by atoms with van der Waals surface area (Å²) in [6, 6.07) is 6.75. The number of methoxy groups -OCH3 is 1. The lowest BCUT2D eigenvalue weighted by molar-refractivity contribution is 0.0781. The summed E-state index contributed by atoms with van der Waals surface area (Å²) in [5.74, 6) is 9.90. The molecule has 1 aromatic rings. The van der Waals surface area contributed by atoms with Gasteiger partial charge in [-0.15, -0.1) is 5.92 Å². The van der Waals surface area contributed by atoms with Gasteiger partial charge in [-0.05, 0) is 80.0 Å². The summed E-state index contributed by atoms with van der Waals surface area (Å²) in [5, 5.41) is 0. The van der Waals surface area contributed by atoms with Crippen molar-refractivity contribution < 1.29 is 4.74 Å². The minimum absolute atomic E-state index is 0.328. The van der Waals surface area contributed by atoms with Crippen LogP contribution in [-0.4, -0.2) is 7.11 Å². The van der Waals surface area contributed by atoms with Gasteiger partial charge in [-0.3, -0.25) is 0 Å². The second-order valence-corrected chi connectivity index (χ2v) is 7.66. The third-order valence-electron chi connectivity index (χ3n) is 6.77. The summed E-state index contributed by atoms with van der Waals surface area (Å²) < 4.78 is 5.42. The zero-order chi connectivity index (χ0) is 16.0. The Labute approximate surface area is 140 Å².